The average molecular weight is 224 g/mol. The summed E-state index contributed by atoms with van der Waals surface area (Å²) < 4.78 is 0. The fraction of sp³-hybridized carbons (Fsp3) is 0.333. The molecule has 2 rings (SSSR count). The molecule has 0 aromatic carbocycles. The number of halogens is 1. The van der Waals surface area contributed by atoms with Crippen molar-refractivity contribution in [1.29, 1.82) is 0 Å². The Balaban J connectivity index is 2.42. The highest BCUT2D eigenvalue weighted by atomic mass is 35.5. The Morgan fingerprint density at radius 3 is 2.87 bits per heavy atom. The van der Waals surface area contributed by atoms with E-state index >= 15 is 0 Å². The minimum Gasteiger partial charge on any atom is -0.261 e. The molecule has 0 saturated heterocycles. The second-order valence-corrected chi connectivity index (χ2v) is 3.84. The molecular weight excluding hydrogens is 214 g/mol. The lowest BCUT2D eigenvalue weighted by molar-refractivity contribution is 0.918. The van der Waals surface area contributed by atoms with Crippen molar-refractivity contribution < 1.29 is 0 Å². The first-order valence-electron chi connectivity index (χ1n) is 4.52. The second kappa shape index (κ2) is 3.94. The van der Waals surface area contributed by atoms with Crippen LogP contribution in [0.15, 0.2) is 12.5 Å². The van der Waals surface area contributed by atoms with Gasteiger partial charge in [-0.15, -0.1) is 11.6 Å². The zero-order chi connectivity index (χ0) is 10.8. The Hall–Kier alpha value is -1.49. The topological polar surface area (TPSA) is 67.3 Å². The van der Waals surface area contributed by atoms with Crippen molar-refractivity contribution >= 4 is 11.6 Å². The molecule has 0 bridgehead atoms. The maximum absolute atomic E-state index is 5.88. The van der Waals surface area contributed by atoms with E-state index in [1.165, 1.54) is 6.33 Å². The zero-order valence-electron chi connectivity index (χ0n) is 8.40. The van der Waals surface area contributed by atoms with Crippen LogP contribution < -0.4 is 0 Å². The van der Waals surface area contributed by atoms with Crippen molar-refractivity contribution in [1.82, 2.24) is 25.1 Å². The Kier molecular flexibility index (Phi) is 2.64. The lowest BCUT2D eigenvalue weighted by Gasteiger charge is -1.97. The number of aromatic nitrogens is 5. The molecule has 0 aliphatic rings. The van der Waals surface area contributed by atoms with E-state index in [-0.39, 0.29) is 5.38 Å². The number of hydrogen-bond acceptors (Lipinski definition) is 4. The van der Waals surface area contributed by atoms with E-state index in [1.807, 2.05) is 13.8 Å². The molecule has 5 nitrogen and oxygen atoms in total. The lowest BCUT2D eigenvalue weighted by Crippen LogP contribution is -1.91. The number of nitrogens with zero attached hydrogens (tertiary/aromatic N) is 4. The molecule has 0 saturated carbocycles. The summed E-state index contributed by atoms with van der Waals surface area (Å²) in [6, 6.07) is 0. The van der Waals surface area contributed by atoms with Crippen molar-refractivity contribution in [2.45, 2.75) is 19.2 Å². The molecule has 0 aliphatic heterocycles. The van der Waals surface area contributed by atoms with Gasteiger partial charge in [-0.1, -0.05) is 0 Å². The van der Waals surface area contributed by atoms with E-state index in [1.54, 1.807) is 6.20 Å². The Labute approximate surface area is 91.9 Å². The molecule has 0 aliphatic carbocycles. The number of hydrogen-bond donors (Lipinski definition) is 1. The van der Waals surface area contributed by atoms with Crippen LogP contribution in [0.4, 0.5) is 0 Å². The summed E-state index contributed by atoms with van der Waals surface area (Å²) in [5.74, 6) is 1.23. The monoisotopic (exact) mass is 223 g/mol. The summed E-state index contributed by atoms with van der Waals surface area (Å²) in [5.41, 5.74) is 1.66. The van der Waals surface area contributed by atoms with Gasteiger partial charge >= 0.3 is 0 Å². The smallest absolute Gasteiger partial charge is 0.184 e. The molecule has 15 heavy (non-hydrogen) atoms. The highest BCUT2D eigenvalue weighted by Crippen LogP contribution is 2.20. The van der Waals surface area contributed by atoms with E-state index in [4.69, 9.17) is 11.6 Å². The van der Waals surface area contributed by atoms with Crippen molar-refractivity contribution in [3.8, 4) is 11.4 Å². The number of aromatic amines is 1. The van der Waals surface area contributed by atoms with Crippen LogP contribution in [0.1, 0.15) is 23.8 Å². The molecule has 1 atom stereocenters. The number of nitrogens with one attached hydrogen (secondary N) is 1. The summed E-state index contributed by atoms with van der Waals surface area (Å²) in [4.78, 5) is 12.3. The third-order valence-electron chi connectivity index (χ3n) is 2.03. The van der Waals surface area contributed by atoms with Crippen molar-refractivity contribution in [3.63, 3.8) is 0 Å². The van der Waals surface area contributed by atoms with Gasteiger partial charge in [0.1, 0.15) is 12.2 Å². The highest BCUT2D eigenvalue weighted by Gasteiger charge is 2.11. The van der Waals surface area contributed by atoms with Crippen LogP contribution in [0.5, 0.6) is 0 Å². The molecule has 2 aromatic rings. The summed E-state index contributed by atoms with van der Waals surface area (Å²) in [6.07, 6.45) is 3.19. The number of rotatable bonds is 2. The summed E-state index contributed by atoms with van der Waals surface area (Å²) in [7, 11) is 0. The van der Waals surface area contributed by atoms with Gasteiger partial charge < -0.3 is 0 Å². The Bertz CT molecular complexity index is 465. The average Bonchev–Trinajstić information content (AvgIpc) is 2.67. The number of H-pyrrole nitrogens is 1. The normalized spacial score (nSPS) is 12.7. The molecule has 0 amide bonds. The molecule has 1 N–H and O–H groups in total. The highest BCUT2D eigenvalue weighted by molar-refractivity contribution is 6.20. The lowest BCUT2D eigenvalue weighted by atomic mass is 10.2. The van der Waals surface area contributed by atoms with E-state index in [2.05, 4.69) is 25.1 Å². The standard InChI is InChI=1S/C9H10ClN5/c1-5(10)8-13-9(15-14-8)7-3-11-4-12-6(7)2/h3-5H,1-2H3,(H,13,14,15). The molecule has 2 aromatic heterocycles. The third-order valence-corrected chi connectivity index (χ3v) is 2.24. The van der Waals surface area contributed by atoms with Gasteiger partial charge in [-0.2, -0.15) is 5.10 Å². The predicted molar refractivity (Wildman–Crippen MR) is 56.4 cm³/mol. The molecule has 78 valence electrons. The fourth-order valence-corrected chi connectivity index (χ4v) is 1.28. The van der Waals surface area contributed by atoms with Crippen LogP contribution in [-0.2, 0) is 0 Å². The zero-order valence-corrected chi connectivity index (χ0v) is 9.15. The Morgan fingerprint density at radius 2 is 2.27 bits per heavy atom. The van der Waals surface area contributed by atoms with Gasteiger partial charge in [0, 0.05) is 6.20 Å². The van der Waals surface area contributed by atoms with E-state index in [9.17, 15) is 0 Å². The molecule has 1 unspecified atom stereocenters. The summed E-state index contributed by atoms with van der Waals surface area (Å²) >= 11 is 5.88. The fourth-order valence-electron chi connectivity index (χ4n) is 1.18. The van der Waals surface area contributed by atoms with Crippen molar-refractivity contribution in [3.05, 3.63) is 24.0 Å². The van der Waals surface area contributed by atoms with Crippen LogP contribution in [0.2, 0.25) is 0 Å². The van der Waals surface area contributed by atoms with Crippen LogP contribution in [0.25, 0.3) is 11.4 Å². The van der Waals surface area contributed by atoms with Gasteiger partial charge in [0.25, 0.3) is 0 Å². The molecule has 0 radical (unpaired) electrons. The quantitative estimate of drug-likeness (QED) is 0.790. The first-order valence-corrected chi connectivity index (χ1v) is 4.95. The number of alkyl halides is 1. The summed E-state index contributed by atoms with van der Waals surface area (Å²) in [5, 5.41) is 6.67. The van der Waals surface area contributed by atoms with Crippen LogP contribution in [-0.4, -0.2) is 25.1 Å². The minimum atomic E-state index is -0.184. The maximum Gasteiger partial charge on any atom is 0.184 e. The molecule has 0 fully saturated rings. The van der Waals surface area contributed by atoms with Gasteiger partial charge in [0.2, 0.25) is 0 Å². The van der Waals surface area contributed by atoms with E-state index in [0.29, 0.717) is 11.6 Å². The van der Waals surface area contributed by atoms with Gasteiger partial charge in [-0.3, -0.25) is 5.10 Å². The third kappa shape index (κ3) is 1.97. The van der Waals surface area contributed by atoms with E-state index < -0.39 is 0 Å². The van der Waals surface area contributed by atoms with Gasteiger partial charge in [-0.25, -0.2) is 15.0 Å². The SMILES string of the molecule is Cc1ncncc1-c1n[nH]c(C(C)Cl)n1. The van der Waals surface area contributed by atoms with Crippen molar-refractivity contribution in [2.75, 3.05) is 0 Å². The van der Waals surface area contributed by atoms with Crippen LogP contribution in [0, 0.1) is 6.92 Å². The summed E-state index contributed by atoms with van der Waals surface area (Å²) in [6.45, 7) is 3.72. The number of aryl methyl sites for hydroxylation is 1. The molecule has 2 heterocycles. The maximum atomic E-state index is 5.88. The molecule has 0 spiro atoms. The molecule has 6 heteroatoms. The minimum absolute atomic E-state index is 0.184. The first kappa shape index (κ1) is 10.0. The van der Waals surface area contributed by atoms with Crippen LogP contribution >= 0.6 is 11.6 Å². The van der Waals surface area contributed by atoms with Gasteiger partial charge in [-0.05, 0) is 13.8 Å². The second-order valence-electron chi connectivity index (χ2n) is 3.18. The Morgan fingerprint density at radius 1 is 1.47 bits per heavy atom. The van der Waals surface area contributed by atoms with E-state index in [0.717, 1.165) is 11.3 Å². The predicted octanol–water partition coefficient (Wildman–Crippen LogP) is 1.87. The van der Waals surface area contributed by atoms with Gasteiger partial charge in [0.15, 0.2) is 5.82 Å². The largest absolute Gasteiger partial charge is 0.261 e. The van der Waals surface area contributed by atoms with Crippen LogP contribution in [0.3, 0.4) is 0 Å². The molecular formula is C9H10ClN5. The van der Waals surface area contributed by atoms with Crippen molar-refractivity contribution in [2.24, 2.45) is 0 Å². The van der Waals surface area contributed by atoms with Gasteiger partial charge in [0.05, 0.1) is 16.6 Å². The first-order chi connectivity index (χ1) is 7.18.